The first-order valence-electron chi connectivity index (χ1n) is 9.94. The van der Waals surface area contributed by atoms with Crippen molar-refractivity contribution in [1.29, 1.82) is 0 Å². The molecule has 0 saturated heterocycles. The number of aryl methyl sites for hydroxylation is 1. The summed E-state index contributed by atoms with van der Waals surface area (Å²) in [5.41, 5.74) is 3.34. The normalized spacial score (nSPS) is 11.6. The van der Waals surface area contributed by atoms with Gasteiger partial charge in [0.25, 0.3) is 11.8 Å². The quantitative estimate of drug-likeness (QED) is 0.527. The van der Waals surface area contributed by atoms with Crippen LogP contribution < -0.4 is 15.4 Å². The van der Waals surface area contributed by atoms with Crippen LogP contribution in [0.1, 0.15) is 47.9 Å². The molecule has 6 nitrogen and oxygen atoms in total. The molecule has 1 heterocycles. The lowest BCUT2D eigenvalue weighted by atomic mass is 9.99. The van der Waals surface area contributed by atoms with Crippen LogP contribution in [0, 0.1) is 6.92 Å². The van der Waals surface area contributed by atoms with Crippen LogP contribution in [0.5, 0.6) is 5.75 Å². The summed E-state index contributed by atoms with van der Waals surface area (Å²) in [4.78, 5) is 24.3. The van der Waals surface area contributed by atoms with Crippen molar-refractivity contribution in [2.24, 2.45) is 0 Å². The molecule has 0 bridgehead atoms. The summed E-state index contributed by atoms with van der Waals surface area (Å²) in [7, 11) is 0. The van der Waals surface area contributed by atoms with Gasteiger partial charge in [0.1, 0.15) is 5.75 Å². The molecule has 0 aliphatic heterocycles. The zero-order valence-electron chi connectivity index (χ0n) is 17.4. The SMILES string of the molecule is CCC(C)c1ccc(OCC(=O)Nc2ccc(NC(=O)c3ccco3)c(C)c2)cc1. The van der Waals surface area contributed by atoms with Gasteiger partial charge in [-0.3, -0.25) is 9.59 Å². The molecule has 0 aliphatic carbocycles. The molecule has 2 aromatic carbocycles. The van der Waals surface area contributed by atoms with E-state index in [0.29, 0.717) is 23.0 Å². The molecule has 0 aliphatic rings. The Balaban J connectivity index is 1.52. The second kappa shape index (κ2) is 9.78. The number of carbonyl (C=O) groups excluding carboxylic acids is 2. The summed E-state index contributed by atoms with van der Waals surface area (Å²) in [6.45, 7) is 6.10. The minimum absolute atomic E-state index is 0.0846. The number of anilines is 2. The van der Waals surface area contributed by atoms with E-state index < -0.39 is 0 Å². The standard InChI is InChI=1S/C24H26N2O4/c1-4-16(2)18-7-10-20(11-8-18)30-15-23(27)25-19-9-12-21(17(3)14-19)26-24(28)22-6-5-13-29-22/h5-14,16H,4,15H2,1-3H3,(H,25,27)(H,26,28). The molecule has 2 amide bonds. The summed E-state index contributed by atoms with van der Waals surface area (Å²) < 4.78 is 10.7. The molecule has 0 saturated carbocycles. The summed E-state index contributed by atoms with van der Waals surface area (Å²) in [5, 5.41) is 5.59. The average Bonchev–Trinajstić information content (AvgIpc) is 3.29. The lowest BCUT2D eigenvalue weighted by molar-refractivity contribution is -0.118. The molecule has 2 N–H and O–H groups in total. The highest BCUT2D eigenvalue weighted by molar-refractivity contribution is 6.03. The lowest BCUT2D eigenvalue weighted by Gasteiger charge is -2.12. The Labute approximate surface area is 176 Å². The van der Waals surface area contributed by atoms with Crippen LogP contribution in [0.25, 0.3) is 0 Å². The number of hydrogen-bond donors (Lipinski definition) is 2. The van der Waals surface area contributed by atoms with Crippen LogP contribution >= 0.6 is 0 Å². The second-order valence-corrected chi connectivity index (χ2v) is 7.18. The summed E-state index contributed by atoms with van der Waals surface area (Å²) in [5.74, 6) is 0.809. The third kappa shape index (κ3) is 5.50. The molecule has 0 radical (unpaired) electrons. The highest BCUT2D eigenvalue weighted by Crippen LogP contribution is 2.22. The molecule has 1 atom stereocenters. The fraction of sp³-hybridized carbons (Fsp3) is 0.250. The van der Waals surface area contributed by atoms with E-state index >= 15 is 0 Å². The highest BCUT2D eigenvalue weighted by Gasteiger charge is 2.11. The van der Waals surface area contributed by atoms with E-state index in [-0.39, 0.29) is 24.2 Å². The fourth-order valence-electron chi connectivity index (χ4n) is 2.95. The van der Waals surface area contributed by atoms with Crippen molar-refractivity contribution in [3.05, 3.63) is 77.7 Å². The molecule has 1 aromatic heterocycles. The zero-order chi connectivity index (χ0) is 21.5. The van der Waals surface area contributed by atoms with Crippen molar-refractivity contribution in [2.45, 2.75) is 33.1 Å². The molecular formula is C24H26N2O4. The molecule has 1 unspecified atom stereocenters. The maximum absolute atomic E-state index is 12.2. The van der Waals surface area contributed by atoms with Crippen LogP contribution in [0.15, 0.2) is 65.3 Å². The van der Waals surface area contributed by atoms with Gasteiger partial charge in [-0.25, -0.2) is 0 Å². The predicted molar refractivity (Wildman–Crippen MR) is 117 cm³/mol. The van der Waals surface area contributed by atoms with Gasteiger partial charge >= 0.3 is 0 Å². The van der Waals surface area contributed by atoms with E-state index in [0.717, 1.165) is 12.0 Å². The Morgan fingerprint density at radius 3 is 2.47 bits per heavy atom. The maximum atomic E-state index is 12.2. The molecule has 3 rings (SSSR count). The lowest BCUT2D eigenvalue weighted by Crippen LogP contribution is -2.20. The van der Waals surface area contributed by atoms with Gasteiger partial charge in [0.05, 0.1) is 6.26 Å². The van der Waals surface area contributed by atoms with Gasteiger partial charge in [-0.15, -0.1) is 0 Å². The number of furan rings is 1. The number of nitrogens with one attached hydrogen (secondary N) is 2. The monoisotopic (exact) mass is 406 g/mol. The first kappa shape index (κ1) is 21.2. The van der Waals surface area contributed by atoms with Crippen LogP contribution in [0.4, 0.5) is 11.4 Å². The number of hydrogen-bond acceptors (Lipinski definition) is 4. The Morgan fingerprint density at radius 1 is 1.07 bits per heavy atom. The predicted octanol–water partition coefficient (Wildman–Crippen LogP) is 5.37. The molecular weight excluding hydrogens is 380 g/mol. The van der Waals surface area contributed by atoms with Crippen LogP contribution in [0.2, 0.25) is 0 Å². The maximum Gasteiger partial charge on any atom is 0.291 e. The molecule has 156 valence electrons. The fourth-order valence-corrected chi connectivity index (χ4v) is 2.95. The van der Waals surface area contributed by atoms with E-state index in [1.54, 1.807) is 30.3 Å². The number of amides is 2. The van der Waals surface area contributed by atoms with Crippen LogP contribution in [-0.4, -0.2) is 18.4 Å². The third-order valence-electron chi connectivity index (χ3n) is 4.93. The van der Waals surface area contributed by atoms with Crippen molar-refractivity contribution in [3.63, 3.8) is 0 Å². The van der Waals surface area contributed by atoms with Gasteiger partial charge in [-0.05, 0) is 72.9 Å². The highest BCUT2D eigenvalue weighted by atomic mass is 16.5. The first-order chi connectivity index (χ1) is 14.5. The van der Waals surface area contributed by atoms with Crippen molar-refractivity contribution >= 4 is 23.2 Å². The number of rotatable bonds is 8. The zero-order valence-corrected chi connectivity index (χ0v) is 17.4. The summed E-state index contributed by atoms with van der Waals surface area (Å²) in [6, 6.07) is 16.3. The van der Waals surface area contributed by atoms with Gasteiger partial charge in [-0.1, -0.05) is 26.0 Å². The van der Waals surface area contributed by atoms with Gasteiger partial charge < -0.3 is 19.8 Å². The minimum Gasteiger partial charge on any atom is -0.484 e. The summed E-state index contributed by atoms with van der Waals surface area (Å²) >= 11 is 0. The minimum atomic E-state index is -0.326. The van der Waals surface area contributed by atoms with E-state index in [2.05, 4.69) is 24.5 Å². The van der Waals surface area contributed by atoms with Gasteiger partial charge in [0.2, 0.25) is 0 Å². The van der Waals surface area contributed by atoms with Gasteiger partial charge in [0, 0.05) is 11.4 Å². The number of carbonyl (C=O) groups is 2. The molecule has 3 aromatic rings. The first-order valence-corrected chi connectivity index (χ1v) is 9.94. The average molecular weight is 406 g/mol. The van der Waals surface area contributed by atoms with Crippen LogP contribution in [0.3, 0.4) is 0 Å². The van der Waals surface area contributed by atoms with Crippen molar-refractivity contribution in [2.75, 3.05) is 17.2 Å². The van der Waals surface area contributed by atoms with E-state index in [1.807, 2.05) is 31.2 Å². The van der Waals surface area contributed by atoms with E-state index in [1.165, 1.54) is 11.8 Å². The number of benzene rings is 2. The summed E-state index contributed by atoms with van der Waals surface area (Å²) in [6.07, 6.45) is 2.52. The molecule has 6 heteroatoms. The molecule has 0 fully saturated rings. The van der Waals surface area contributed by atoms with Crippen LogP contribution in [-0.2, 0) is 4.79 Å². The smallest absolute Gasteiger partial charge is 0.291 e. The molecule has 0 spiro atoms. The Bertz CT molecular complexity index is 995. The second-order valence-electron chi connectivity index (χ2n) is 7.18. The van der Waals surface area contributed by atoms with Gasteiger partial charge in [0.15, 0.2) is 12.4 Å². The van der Waals surface area contributed by atoms with Crippen molar-refractivity contribution in [1.82, 2.24) is 0 Å². The Hall–Kier alpha value is -3.54. The third-order valence-corrected chi connectivity index (χ3v) is 4.93. The largest absolute Gasteiger partial charge is 0.484 e. The van der Waals surface area contributed by atoms with Gasteiger partial charge in [-0.2, -0.15) is 0 Å². The van der Waals surface area contributed by atoms with Crippen molar-refractivity contribution in [3.8, 4) is 5.75 Å². The molecule has 30 heavy (non-hydrogen) atoms. The topological polar surface area (TPSA) is 80.6 Å². The van der Waals surface area contributed by atoms with E-state index in [9.17, 15) is 9.59 Å². The Kier molecular flexibility index (Phi) is 6.91. The van der Waals surface area contributed by atoms with Crippen molar-refractivity contribution < 1.29 is 18.7 Å². The van der Waals surface area contributed by atoms with E-state index in [4.69, 9.17) is 9.15 Å². The Morgan fingerprint density at radius 2 is 1.83 bits per heavy atom. The number of ether oxygens (including phenoxy) is 1.